The van der Waals surface area contributed by atoms with Crippen LogP contribution in [0.15, 0.2) is 18.3 Å². The predicted molar refractivity (Wildman–Crippen MR) is 70.4 cm³/mol. The third-order valence-corrected chi connectivity index (χ3v) is 3.41. The molecule has 0 aromatic carbocycles. The van der Waals surface area contributed by atoms with Crippen LogP contribution in [0.4, 0.5) is 14.5 Å². The first-order chi connectivity index (χ1) is 10.0. The number of halogens is 2. The average Bonchev–Trinajstić information content (AvgIpc) is 2.55. The number of carbonyl (C=O) groups is 1. The molecule has 1 unspecified atom stereocenters. The van der Waals surface area contributed by atoms with Crippen LogP contribution >= 0.6 is 0 Å². The molecule has 7 heteroatoms. The Bertz CT molecular complexity index is 749. The van der Waals surface area contributed by atoms with Gasteiger partial charge in [0.15, 0.2) is 0 Å². The van der Waals surface area contributed by atoms with Crippen LogP contribution in [0, 0.1) is 11.8 Å². The number of aromatic nitrogens is 2. The molecule has 1 amide bonds. The fourth-order valence-electron chi connectivity index (χ4n) is 2.36. The van der Waals surface area contributed by atoms with Gasteiger partial charge in [0.05, 0.1) is 41.4 Å². The third kappa shape index (κ3) is 2.15. The van der Waals surface area contributed by atoms with Crippen LogP contribution in [-0.4, -0.2) is 21.0 Å². The zero-order valence-electron chi connectivity index (χ0n) is 11.0. The molecule has 0 radical (unpaired) electrons. The van der Waals surface area contributed by atoms with Crippen molar-refractivity contribution in [2.75, 3.05) is 5.32 Å². The van der Waals surface area contributed by atoms with Gasteiger partial charge in [-0.2, -0.15) is 4.39 Å². The molecular weight excluding hydrogens is 280 g/mol. The lowest BCUT2D eigenvalue weighted by Crippen LogP contribution is -2.18. The van der Waals surface area contributed by atoms with Gasteiger partial charge in [-0.25, -0.2) is 9.37 Å². The molecule has 21 heavy (non-hydrogen) atoms. The Morgan fingerprint density at radius 1 is 1.38 bits per heavy atom. The highest BCUT2D eigenvalue weighted by molar-refractivity contribution is 6.02. The van der Waals surface area contributed by atoms with E-state index in [1.165, 1.54) is 6.07 Å². The Morgan fingerprint density at radius 2 is 2.14 bits per heavy atom. The average molecular weight is 291 g/mol. The van der Waals surface area contributed by atoms with Gasteiger partial charge < -0.3 is 10.4 Å². The minimum Gasteiger partial charge on any atom is -0.390 e. The number of rotatable bonds is 1. The topological polar surface area (TPSA) is 75.1 Å². The normalized spacial score (nSPS) is 16.8. The number of carbonyl (C=O) groups excluding carboxylic acids is 1. The van der Waals surface area contributed by atoms with E-state index in [9.17, 15) is 13.6 Å². The molecule has 5 nitrogen and oxygen atoms in total. The highest BCUT2D eigenvalue weighted by atomic mass is 19.1. The van der Waals surface area contributed by atoms with E-state index in [1.54, 1.807) is 6.92 Å². The molecule has 0 bridgehead atoms. The molecule has 1 aliphatic heterocycles. The molecule has 0 spiro atoms. The van der Waals surface area contributed by atoms with E-state index in [2.05, 4.69) is 15.3 Å². The number of amides is 1. The van der Waals surface area contributed by atoms with Gasteiger partial charge in [-0.05, 0) is 19.1 Å². The first-order valence-corrected chi connectivity index (χ1v) is 6.28. The highest BCUT2D eigenvalue weighted by Gasteiger charge is 2.29. The number of aliphatic hydroxyl groups excluding tert-OH is 1. The Hall–Kier alpha value is -2.41. The van der Waals surface area contributed by atoms with Crippen LogP contribution in [0.2, 0.25) is 0 Å². The quantitative estimate of drug-likeness (QED) is 0.788. The molecule has 0 aliphatic carbocycles. The van der Waals surface area contributed by atoms with Crippen molar-refractivity contribution >= 4 is 11.6 Å². The summed E-state index contributed by atoms with van der Waals surface area (Å²) in [6.07, 6.45) is 0.987. The number of aliphatic hydroxyl groups is 1. The second-order valence-electron chi connectivity index (χ2n) is 4.78. The van der Waals surface area contributed by atoms with E-state index in [4.69, 9.17) is 5.11 Å². The van der Waals surface area contributed by atoms with Crippen molar-refractivity contribution in [3.63, 3.8) is 0 Å². The number of hydrogen-bond donors (Lipinski definition) is 2. The van der Waals surface area contributed by atoms with Gasteiger partial charge in [-0.3, -0.25) is 9.78 Å². The second-order valence-corrected chi connectivity index (χ2v) is 4.78. The van der Waals surface area contributed by atoms with Crippen LogP contribution < -0.4 is 5.32 Å². The molecule has 3 rings (SSSR count). The van der Waals surface area contributed by atoms with Crippen LogP contribution in [-0.2, 0) is 11.4 Å². The molecule has 0 saturated carbocycles. The lowest BCUT2D eigenvalue weighted by molar-refractivity contribution is -0.117. The molecular formula is C14H11F2N3O2. The summed E-state index contributed by atoms with van der Waals surface area (Å²) in [6, 6.07) is 2.49. The van der Waals surface area contributed by atoms with Gasteiger partial charge in [0.25, 0.3) is 0 Å². The molecule has 3 heterocycles. The van der Waals surface area contributed by atoms with Crippen molar-refractivity contribution in [1.29, 1.82) is 0 Å². The van der Waals surface area contributed by atoms with Gasteiger partial charge in [0, 0.05) is 5.56 Å². The number of hydrogen-bond acceptors (Lipinski definition) is 4. The summed E-state index contributed by atoms with van der Waals surface area (Å²) in [5, 5.41) is 11.6. The summed E-state index contributed by atoms with van der Waals surface area (Å²) in [7, 11) is 0. The van der Waals surface area contributed by atoms with Gasteiger partial charge in [-0.1, -0.05) is 0 Å². The molecule has 108 valence electrons. The maximum atomic E-state index is 14.2. The summed E-state index contributed by atoms with van der Waals surface area (Å²) in [5.74, 6) is -2.57. The lowest BCUT2D eigenvalue weighted by atomic mass is 9.98. The fraction of sp³-hybridized carbons (Fsp3) is 0.214. The summed E-state index contributed by atoms with van der Waals surface area (Å²) < 4.78 is 27.7. The van der Waals surface area contributed by atoms with E-state index in [0.29, 0.717) is 0 Å². The first kappa shape index (κ1) is 13.6. The van der Waals surface area contributed by atoms with Crippen molar-refractivity contribution in [3.8, 4) is 11.1 Å². The molecule has 0 fully saturated rings. The summed E-state index contributed by atoms with van der Waals surface area (Å²) in [6.45, 7) is 1.13. The van der Waals surface area contributed by atoms with Crippen LogP contribution in [0.25, 0.3) is 11.1 Å². The van der Waals surface area contributed by atoms with E-state index in [1.807, 2.05) is 0 Å². The Labute approximate surface area is 118 Å². The summed E-state index contributed by atoms with van der Waals surface area (Å²) >= 11 is 0. The number of fused-ring (bicyclic) bond motifs is 3. The zero-order chi connectivity index (χ0) is 15.1. The molecule has 1 aliphatic rings. The van der Waals surface area contributed by atoms with E-state index in [-0.39, 0.29) is 34.1 Å². The van der Waals surface area contributed by atoms with Crippen molar-refractivity contribution in [2.45, 2.75) is 19.4 Å². The minimum atomic E-state index is -0.889. The lowest BCUT2D eigenvalue weighted by Gasteiger charge is -2.11. The van der Waals surface area contributed by atoms with Crippen molar-refractivity contribution < 1.29 is 18.7 Å². The van der Waals surface area contributed by atoms with Crippen molar-refractivity contribution in [1.82, 2.24) is 9.97 Å². The van der Waals surface area contributed by atoms with Gasteiger partial charge in [-0.15, -0.1) is 0 Å². The van der Waals surface area contributed by atoms with Crippen LogP contribution in [0.3, 0.4) is 0 Å². The fourth-order valence-corrected chi connectivity index (χ4v) is 2.36. The number of pyridine rings is 2. The van der Waals surface area contributed by atoms with Crippen LogP contribution in [0.5, 0.6) is 0 Å². The molecule has 0 saturated heterocycles. The standard InChI is InChI=1S/C14H11F2N3O2/c1-6-12-9(2-7(15)4-17-12)11-10(19-14(6)21)3-8(5-20)18-13(11)16/h2-4,6,20H,5H2,1H3,(H,19,21). The Balaban J connectivity index is 2.35. The van der Waals surface area contributed by atoms with Gasteiger partial charge in [0.1, 0.15) is 5.82 Å². The number of nitrogens with one attached hydrogen (secondary N) is 1. The van der Waals surface area contributed by atoms with Crippen molar-refractivity contribution in [3.05, 3.63) is 41.5 Å². The number of anilines is 1. The van der Waals surface area contributed by atoms with E-state index in [0.717, 1.165) is 12.3 Å². The zero-order valence-corrected chi connectivity index (χ0v) is 11.0. The maximum absolute atomic E-state index is 14.2. The smallest absolute Gasteiger partial charge is 0.233 e. The van der Waals surface area contributed by atoms with Gasteiger partial charge >= 0.3 is 0 Å². The highest BCUT2D eigenvalue weighted by Crippen LogP contribution is 2.38. The predicted octanol–water partition coefficient (Wildman–Crippen LogP) is 1.97. The molecule has 1 atom stereocenters. The maximum Gasteiger partial charge on any atom is 0.233 e. The van der Waals surface area contributed by atoms with E-state index < -0.39 is 24.3 Å². The Morgan fingerprint density at radius 3 is 2.86 bits per heavy atom. The second kappa shape index (κ2) is 4.85. The molecule has 2 aromatic heterocycles. The van der Waals surface area contributed by atoms with Gasteiger partial charge in [0.2, 0.25) is 11.9 Å². The summed E-state index contributed by atoms with van der Waals surface area (Å²) in [5.41, 5.74) is 0.670. The SMILES string of the molecule is CC1C(=O)Nc2cc(CO)nc(F)c2-c2cc(F)cnc21. The molecule has 2 N–H and O–H groups in total. The third-order valence-electron chi connectivity index (χ3n) is 3.41. The summed E-state index contributed by atoms with van der Waals surface area (Å²) in [4.78, 5) is 19.6. The minimum absolute atomic E-state index is 0.0214. The number of nitrogens with zero attached hydrogens (tertiary/aromatic N) is 2. The largest absolute Gasteiger partial charge is 0.390 e. The van der Waals surface area contributed by atoms with Crippen molar-refractivity contribution in [2.24, 2.45) is 0 Å². The first-order valence-electron chi connectivity index (χ1n) is 6.28. The Kier molecular flexibility index (Phi) is 3.13. The van der Waals surface area contributed by atoms with E-state index >= 15 is 0 Å². The molecule has 2 aromatic rings. The monoisotopic (exact) mass is 291 g/mol. The van der Waals surface area contributed by atoms with Crippen LogP contribution in [0.1, 0.15) is 24.2 Å².